The molecule has 0 aromatic carbocycles. The fourth-order valence-electron chi connectivity index (χ4n) is 0.973. The molecule has 0 saturated heterocycles. The van der Waals surface area contributed by atoms with E-state index in [-0.39, 0.29) is 0 Å². The van der Waals surface area contributed by atoms with Crippen molar-refractivity contribution in [3.8, 4) is 0 Å². The van der Waals surface area contributed by atoms with Gasteiger partial charge in [0.15, 0.2) is 0 Å². The maximum Gasteiger partial charge on any atom is 0.0106 e. The molecular formula is C9H23N3. The van der Waals surface area contributed by atoms with Crippen LogP contribution >= 0.6 is 0 Å². The molecule has 0 aromatic rings. The van der Waals surface area contributed by atoms with Gasteiger partial charge in [-0.2, -0.15) is 0 Å². The van der Waals surface area contributed by atoms with Crippen molar-refractivity contribution >= 4 is 0 Å². The van der Waals surface area contributed by atoms with E-state index in [4.69, 9.17) is 5.73 Å². The summed E-state index contributed by atoms with van der Waals surface area (Å²) in [4.78, 5) is 4.65. The van der Waals surface area contributed by atoms with Gasteiger partial charge in [-0.3, -0.25) is 0 Å². The lowest BCUT2D eigenvalue weighted by molar-refractivity contribution is 0.262. The third-order valence-corrected chi connectivity index (χ3v) is 2.15. The van der Waals surface area contributed by atoms with Gasteiger partial charge in [0.2, 0.25) is 0 Å². The van der Waals surface area contributed by atoms with Crippen LogP contribution in [0.25, 0.3) is 0 Å². The Morgan fingerprint density at radius 3 is 2.08 bits per heavy atom. The zero-order valence-electron chi connectivity index (χ0n) is 8.71. The molecule has 0 aliphatic rings. The van der Waals surface area contributed by atoms with Crippen molar-refractivity contribution in [3.05, 3.63) is 0 Å². The fourth-order valence-corrected chi connectivity index (χ4v) is 0.973. The zero-order valence-corrected chi connectivity index (χ0v) is 8.71. The largest absolute Gasteiger partial charge is 0.330 e. The third-order valence-electron chi connectivity index (χ3n) is 2.15. The highest BCUT2D eigenvalue weighted by Crippen LogP contribution is 1.87. The Kier molecular flexibility index (Phi) is 7.45. The smallest absolute Gasteiger partial charge is 0.0106 e. The number of nitrogens with zero attached hydrogens (tertiary/aromatic N) is 2. The summed E-state index contributed by atoms with van der Waals surface area (Å²) < 4.78 is 0. The molecule has 0 rings (SSSR count). The second kappa shape index (κ2) is 7.53. The van der Waals surface area contributed by atoms with E-state index in [1.807, 2.05) is 0 Å². The SMILES string of the molecule is CCN(C)CCN(C)CCCN. The molecule has 3 nitrogen and oxygen atoms in total. The van der Waals surface area contributed by atoms with E-state index in [1.54, 1.807) is 0 Å². The van der Waals surface area contributed by atoms with Gasteiger partial charge in [0.1, 0.15) is 0 Å². The summed E-state index contributed by atoms with van der Waals surface area (Å²) in [6.07, 6.45) is 1.10. The topological polar surface area (TPSA) is 32.5 Å². The van der Waals surface area contributed by atoms with E-state index in [0.717, 1.165) is 39.1 Å². The highest BCUT2D eigenvalue weighted by molar-refractivity contribution is 4.55. The number of likely N-dealkylation sites (N-methyl/N-ethyl adjacent to an activating group) is 2. The first kappa shape index (κ1) is 11.9. The zero-order chi connectivity index (χ0) is 9.40. The Labute approximate surface area is 76.5 Å². The van der Waals surface area contributed by atoms with E-state index < -0.39 is 0 Å². The van der Waals surface area contributed by atoms with Crippen LogP contribution in [0.2, 0.25) is 0 Å². The molecule has 0 unspecified atom stereocenters. The lowest BCUT2D eigenvalue weighted by Crippen LogP contribution is -2.31. The minimum Gasteiger partial charge on any atom is -0.330 e. The monoisotopic (exact) mass is 173 g/mol. The molecule has 0 aliphatic carbocycles. The maximum absolute atomic E-state index is 5.42. The van der Waals surface area contributed by atoms with E-state index in [2.05, 4.69) is 30.8 Å². The van der Waals surface area contributed by atoms with Gasteiger partial charge in [0, 0.05) is 13.1 Å². The van der Waals surface area contributed by atoms with Crippen LogP contribution in [0.4, 0.5) is 0 Å². The second-order valence-electron chi connectivity index (χ2n) is 3.34. The van der Waals surface area contributed by atoms with Crippen molar-refractivity contribution in [2.45, 2.75) is 13.3 Å². The Balaban J connectivity index is 3.24. The first-order valence-corrected chi connectivity index (χ1v) is 4.77. The second-order valence-corrected chi connectivity index (χ2v) is 3.34. The minimum absolute atomic E-state index is 0.800. The Morgan fingerprint density at radius 2 is 1.58 bits per heavy atom. The normalized spacial score (nSPS) is 11.5. The maximum atomic E-state index is 5.42. The Hall–Kier alpha value is -0.120. The van der Waals surface area contributed by atoms with Crippen LogP contribution in [0.15, 0.2) is 0 Å². The number of hydrogen-bond donors (Lipinski definition) is 1. The van der Waals surface area contributed by atoms with E-state index in [9.17, 15) is 0 Å². The molecular weight excluding hydrogens is 150 g/mol. The molecule has 0 fully saturated rings. The molecule has 0 spiro atoms. The minimum atomic E-state index is 0.800. The predicted molar refractivity (Wildman–Crippen MR) is 54.3 cm³/mol. The quantitative estimate of drug-likeness (QED) is 0.598. The molecule has 0 radical (unpaired) electrons. The van der Waals surface area contributed by atoms with Crippen molar-refractivity contribution in [1.82, 2.24) is 9.80 Å². The first-order chi connectivity index (χ1) is 5.70. The van der Waals surface area contributed by atoms with E-state index >= 15 is 0 Å². The molecule has 2 N–H and O–H groups in total. The lowest BCUT2D eigenvalue weighted by Gasteiger charge is -2.20. The average molecular weight is 173 g/mol. The molecule has 0 amide bonds. The van der Waals surface area contributed by atoms with Gasteiger partial charge < -0.3 is 15.5 Å². The summed E-state index contributed by atoms with van der Waals surface area (Å²) in [6.45, 7) is 7.52. The van der Waals surface area contributed by atoms with Crippen molar-refractivity contribution in [2.24, 2.45) is 5.73 Å². The molecule has 0 saturated carbocycles. The van der Waals surface area contributed by atoms with Gasteiger partial charge in [0.05, 0.1) is 0 Å². The van der Waals surface area contributed by atoms with Gasteiger partial charge in [-0.25, -0.2) is 0 Å². The summed E-state index contributed by atoms with van der Waals surface area (Å²) >= 11 is 0. The highest BCUT2D eigenvalue weighted by Gasteiger charge is 1.98. The molecule has 0 aliphatic heterocycles. The third kappa shape index (κ3) is 6.58. The van der Waals surface area contributed by atoms with Gasteiger partial charge in [-0.15, -0.1) is 0 Å². The van der Waals surface area contributed by atoms with Crippen LogP contribution in [0.3, 0.4) is 0 Å². The molecule has 3 heteroatoms. The van der Waals surface area contributed by atoms with Crippen LogP contribution < -0.4 is 5.73 Å². The summed E-state index contributed by atoms with van der Waals surface area (Å²) in [7, 11) is 4.30. The molecule has 0 heterocycles. The number of rotatable bonds is 7. The predicted octanol–water partition coefficient (Wildman–Crippen LogP) is 0.219. The Bertz CT molecular complexity index is 95.8. The first-order valence-electron chi connectivity index (χ1n) is 4.77. The van der Waals surface area contributed by atoms with Crippen molar-refractivity contribution in [3.63, 3.8) is 0 Å². The molecule has 12 heavy (non-hydrogen) atoms. The van der Waals surface area contributed by atoms with Crippen molar-refractivity contribution in [1.29, 1.82) is 0 Å². The van der Waals surface area contributed by atoms with E-state index in [0.29, 0.717) is 0 Å². The van der Waals surface area contributed by atoms with Crippen LogP contribution in [0.1, 0.15) is 13.3 Å². The fraction of sp³-hybridized carbons (Fsp3) is 1.00. The molecule has 0 aromatic heterocycles. The van der Waals surface area contributed by atoms with Gasteiger partial charge in [0.25, 0.3) is 0 Å². The lowest BCUT2D eigenvalue weighted by atomic mass is 10.4. The summed E-state index contributed by atoms with van der Waals surface area (Å²) in [5.41, 5.74) is 5.42. The van der Waals surface area contributed by atoms with Crippen molar-refractivity contribution in [2.75, 3.05) is 46.8 Å². The van der Waals surface area contributed by atoms with Crippen LogP contribution in [-0.4, -0.2) is 56.6 Å². The van der Waals surface area contributed by atoms with Gasteiger partial charge >= 0.3 is 0 Å². The molecule has 74 valence electrons. The number of hydrogen-bond acceptors (Lipinski definition) is 3. The van der Waals surface area contributed by atoms with Crippen molar-refractivity contribution < 1.29 is 0 Å². The summed E-state index contributed by atoms with van der Waals surface area (Å²) in [5.74, 6) is 0. The standard InChI is InChI=1S/C9H23N3/c1-4-11(2)8-9-12(3)7-5-6-10/h4-10H2,1-3H3. The number of nitrogens with two attached hydrogens (primary N) is 1. The van der Waals surface area contributed by atoms with Gasteiger partial charge in [-0.05, 0) is 40.2 Å². The van der Waals surface area contributed by atoms with Gasteiger partial charge in [-0.1, -0.05) is 6.92 Å². The average Bonchev–Trinajstić information content (AvgIpc) is 2.10. The summed E-state index contributed by atoms with van der Waals surface area (Å²) in [5, 5.41) is 0. The molecule has 0 atom stereocenters. The van der Waals surface area contributed by atoms with E-state index in [1.165, 1.54) is 0 Å². The van der Waals surface area contributed by atoms with Crippen LogP contribution in [0.5, 0.6) is 0 Å². The highest BCUT2D eigenvalue weighted by atomic mass is 15.2. The Morgan fingerprint density at radius 1 is 1.00 bits per heavy atom. The van der Waals surface area contributed by atoms with Crippen LogP contribution in [0, 0.1) is 0 Å². The molecule has 0 bridgehead atoms. The van der Waals surface area contributed by atoms with Crippen LogP contribution in [-0.2, 0) is 0 Å². The summed E-state index contributed by atoms with van der Waals surface area (Å²) in [6, 6.07) is 0.